The molecule has 1 heterocycles. The second-order valence-corrected chi connectivity index (χ2v) is 6.75. The summed E-state index contributed by atoms with van der Waals surface area (Å²) in [6.45, 7) is 7.33. The van der Waals surface area contributed by atoms with E-state index in [-0.39, 0.29) is 0 Å². The summed E-state index contributed by atoms with van der Waals surface area (Å²) in [7, 11) is 0. The van der Waals surface area contributed by atoms with Gasteiger partial charge in [-0.3, -0.25) is 0 Å². The molecule has 0 amide bonds. The summed E-state index contributed by atoms with van der Waals surface area (Å²) >= 11 is 3.50. The van der Waals surface area contributed by atoms with Crippen molar-refractivity contribution in [2.75, 3.05) is 0 Å². The van der Waals surface area contributed by atoms with E-state index in [2.05, 4.69) is 15.9 Å². The number of rotatable bonds is 2. The van der Waals surface area contributed by atoms with Gasteiger partial charge < -0.3 is 9.84 Å². The molecule has 0 bridgehead atoms. The monoisotopic (exact) mass is 353 g/mol. The van der Waals surface area contributed by atoms with Crippen LogP contribution in [0.2, 0.25) is 0 Å². The van der Waals surface area contributed by atoms with Crippen molar-refractivity contribution in [3.63, 3.8) is 0 Å². The van der Waals surface area contributed by atoms with Crippen LogP contribution in [0.1, 0.15) is 45.9 Å². The Balaban J connectivity index is 2.67. The van der Waals surface area contributed by atoms with E-state index in [0.717, 1.165) is 15.4 Å². The lowest BCUT2D eigenvalue weighted by molar-refractivity contribution is 0.0520. The van der Waals surface area contributed by atoms with E-state index in [1.807, 2.05) is 52.0 Å². The molecule has 0 saturated heterocycles. The van der Waals surface area contributed by atoms with Gasteiger partial charge >= 0.3 is 6.09 Å². The summed E-state index contributed by atoms with van der Waals surface area (Å²) < 4.78 is 7.66. The Kier molecular flexibility index (Phi) is 4.44. The van der Waals surface area contributed by atoms with E-state index in [9.17, 15) is 9.90 Å². The SMILES string of the molecule is CC[C@H](O)c1c(Br)c2ccccc2n1C(=O)OC(C)(C)C. The van der Waals surface area contributed by atoms with Crippen molar-refractivity contribution >= 4 is 32.9 Å². The lowest BCUT2D eigenvalue weighted by Gasteiger charge is -2.22. The molecule has 1 atom stereocenters. The molecule has 0 fully saturated rings. The number of aliphatic hydroxyl groups is 1. The minimum absolute atomic E-state index is 0.480. The molecule has 0 aliphatic rings. The van der Waals surface area contributed by atoms with Crippen LogP contribution in [-0.2, 0) is 4.74 Å². The normalized spacial score (nSPS) is 13.4. The van der Waals surface area contributed by atoms with Crippen LogP contribution in [0.4, 0.5) is 4.79 Å². The zero-order valence-corrected chi connectivity index (χ0v) is 14.3. The Labute approximate surface area is 132 Å². The third-order valence-electron chi connectivity index (χ3n) is 3.13. The molecule has 2 rings (SSSR count). The van der Waals surface area contributed by atoms with Gasteiger partial charge in [-0.05, 0) is 49.2 Å². The highest BCUT2D eigenvalue weighted by molar-refractivity contribution is 9.10. The average Bonchev–Trinajstić information content (AvgIpc) is 2.70. The largest absolute Gasteiger partial charge is 0.443 e. The van der Waals surface area contributed by atoms with Crippen LogP contribution < -0.4 is 0 Å². The molecule has 0 aliphatic heterocycles. The van der Waals surface area contributed by atoms with Crippen molar-refractivity contribution in [2.45, 2.75) is 45.8 Å². The summed E-state index contributed by atoms with van der Waals surface area (Å²) in [6, 6.07) is 7.51. The smallest absolute Gasteiger partial charge is 0.419 e. The summed E-state index contributed by atoms with van der Waals surface area (Å²) in [6.07, 6.45) is -0.705. The number of fused-ring (bicyclic) bond motifs is 1. The van der Waals surface area contributed by atoms with E-state index in [4.69, 9.17) is 4.74 Å². The minimum Gasteiger partial charge on any atom is -0.443 e. The summed E-state index contributed by atoms with van der Waals surface area (Å²) in [5, 5.41) is 11.2. The molecule has 21 heavy (non-hydrogen) atoms. The van der Waals surface area contributed by atoms with Gasteiger partial charge in [-0.1, -0.05) is 25.1 Å². The molecular formula is C16H20BrNO3. The molecular weight excluding hydrogens is 334 g/mol. The Hall–Kier alpha value is -1.33. The maximum atomic E-state index is 12.5. The number of nitrogens with zero attached hydrogens (tertiary/aromatic N) is 1. The quantitative estimate of drug-likeness (QED) is 0.855. The molecule has 114 valence electrons. The first-order chi connectivity index (χ1) is 9.76. The summed E-state index contributed by atoms with van der Waals surface area (Å²) in [5.74, 6) is 0. The molecule has 0 unspecified atom stereocenters. The van der Waals surface area contributed by atoms with Gasteiger partial charge in [0.2, 0.25) is 0 Å². The molecule has 0 saturated carbocycles. The van der Waals surface area contributed by atoms with E-state index in [0.29, 0.717) is 12.1 Å². The van der Waals surface area contributed by atoms with Crippen LogP contribution in [0.3, 0.4) is 0 Å². The fourth-order valence-corrected chi connectivity index (χ4v) is 2.99. The molecule has 0 spiro atoms. The lowest BCUT2D eigenvalue weighted by Crippen LogP contribution is -2.28. The van der Waals surface area contributed by atoms with Gasteiger partial charge in [0.15, 0.2) is 0 Å². The van der Waals surface area contributed by atoms with Gasteiger partial charge in [0, 0.05) is 9.86 Å². The second kappa shape index (κ2) is 5.81. The van der Waals surface area contributed by atoms with E-state index in [1.165, 1.54) is 4.57 Å². The molecule has 4 nitrogen and oxygen atoms in total. The number of carbonyl (C=O) groups excluding carboxylic acids is 1. The highest BCUT2D eigenvalue weighted by Gasteiger charge is 2.27. The number of aliphatic hydroxyl groups excluding tert-OH is 1. The summed E-state index contributed by atoms with van der Waals surface area (Å²) in [4.78, 5) is 12.5. The molecule has 1 aromatic carbocycles. The van der Waals surface area contributed by atoms with Crippen LogP contribution >= 0.6 is 15.9 Å². The first-order valence-corrected chi connectivity index (χ1v) is 7.75. The van der Waals surface area contributed by atoms with Crippen molar-refractivity contribution in [3.05, 3.63) is 34.4 Å². The van der Waals surface area contributed by atoms with E-state index >= 15 is 0 Å². The van der Waals surface area contributed by atoms with Crippen molar-refractivity contribution in [2.24, 2.45) is 0 Å². The zero-order chi connectivity index (χ0) is 15.8. The van der Waals surface area contributed by atoms with Crippen LogP contribution in [0.15, 0.2) is 28.7 Å². The van der Waals surface area contributed by atoms with E-state index < -0.39 is 17.8 Å². The number of halogens is 1. The first kappa shape index (κ1) is 16.0. The van der Waals surface area contributed by atoms with Crippen LogP contribution in [0.25, 0.3) is 10.9 Å². The molecule has 5 heteroatoms. The molecule has 1 aromatic heterocycles. The number of aromatic nitrogens is 1. The Bertz CT molecular complexity index is 670. The fraction of sp³-hybridized carbons (Fsp3) is 0.438. The Morgan fingerprint density at radius 3 is 2.57 bits per heavy atom. The highest BCUT2D eigenvalue weighted by atomic mass is 79.9. The number of hydrogen-bond donors (Lipinski definition) is 1. The maximum absolute atomic E-state index is 12.5. The topological polar surface area (TPSA) is 51.5 Å². The maximum Gasteiger partial charge on any atom is 0.419 e. The zero-order valence-electron chi connectivity index (χ0n) is 12.7. The lowest BCUT2D eigenvalue weighted by atomic mass is 10.2. The van der Waals surface area contributed by atoms with Crippen LogP contribution in [-0.4, -0.2) is 21.4 Å². The second-order valence-electron chi connectivity index (χ2n) is 5.96. The first-order valence-electron chi connectivity index (χ1n) is 6.96. The number of carbonyl (C=O) groups is 1. The van der Waals surface area contributed by atoms with Gasteiger partial charge in [-0.25, -0.2) is 9.36 Å². The van der Waals surface area contributed by atoms with Crippen LogP contribution in [0, 0.1) is 0 Å². The van der Waals surface area contributed by atoms with Gasteiger partial charge in [-0.15, -0.1) is 0 Å². The third-order valence-corrected chi connectivity index (χ3v) is 3.96. The van der Waals surface area contributed by atoms with Gasteiger partial charge in [-0.2, -0.15) is 0 Å². The Morgan fingerprint density at radius 1 is 1.38 bits per heavy atom. The molecule has 0 radical (unpaired) electrons. The van der Waals surface area contributed by atoms with Gasteiger partial charge in [0.1, 0.15) is 5.60 Å². The number of hydrogen-bond acceptors (Lipinski definition) is 3. The van der Waals surface area contributed by atoms with Crippen LogP contribution in [0.5, 0.6) is 0 Å². The number of para-hydroxylation sites is 1. The number of benzene rings is 1. The van der Waals surface area contributed by atoms with Crippen molar-refractivity contribution in [1.82, 2.24) is 4.57 Å². The van der Waals surface area contributed by atoms with Crippen molar-refractivity contribution in [1.29, 1.82) is 0 Å². The van der Waals surface area contributed by atoms with Gasteiger partial charge in [0.25, 0.3) is 0 Å². The minimum atomic E-state index is -0.737. The average molecular weight is 354 g/mol. The molecule has 1 N–H and O–H groups in total. The standard InChI is InChI=1S/C16H20BrNO3/c1-5-12(19)14-13(17)10-8-6-7-9-11(10)18(14)15(20)21-16(2,3)4/h6-9,12,19H,5H2,1-4H3/t12-/m0/s1. The van der Waals surface area contributed by atoms with Crippen molar-refractivity contribution < 1.29 is 14.6 Å². The predicted octanol–water partition coefficient (Wildman–Crippen LogP) is 4.63. The van der Waals surface area contributed by atoms with Crippen molar-refractivity contribution in [3.8, 4) is 0 Å². The predicted molar refractivity (Wildman–Crippen MR) is 86.5 cm³/mol. The number of ether oxygens (including phenoxy) is 1. The third kappa shape index (κ3) is 3.14. The fourth-order valence-electron chi connectivity index (χ4n) is 2.21. The van der Waals surface area contributed by atoms with Gasteiger partial charge in [0.05, 0.1) is 17.3 Å². The summed E-state index contributed by atoms with van der Waals surface area (Å²) in [5.41, 5.74) is 0.665. The Morgan fingerprint density at radius 2 is 2.00 bits per heavy atom. The molecule has 2 aromatic rings. The highest BCUT2D eigenvalue weighted by Crippen LogP contribution is 2.36. The van der Waals surface area contributed by atoms with E-state index in [1.54, 1.807) is 0 Å². The molecule has 0 aliphatic carbocycles.